The molecule has 0 radical (unpaired) electrons. The second-order valence-electron chi connectivity index (χ2n) is 2.72. The van der Waals surface area contributed by atoms with E-state index in [4.69, 9.17) is 11.6 Å². The zero-order chi connectivity index (χ0) is 9.14. The lowest BCUT2D eigenvalue weighted by molar-refractivity contribution is 0.101. The molecule has 0 aliphatic rings. The molecule has 1 nitrogen and oxygen atoms in total. The summed E-state index contributed by atoms with van der Waals surface area (Å²) < 4.78 is 0. The molecule has 64 valence electrons. The van der Waals surface area contributed by atoms with E-state index in [0.717, 1.165) is 12.0 Å². The Labute approximate surface area is 77.4 Å². The first-order chi connectivity index (χ1) is 5.65. The highest BCUT2D eigenvalue weighted by Crippen LogP contribution is 2.18. The van der Waals surface area contributed by atoms with Crippen molar-refractivity contribution in [2.45, 2.75) is 20.3 Å². The maximum Gasteiger partial charge on any atom is 0.161 e. The van der Waals surface area contributed by atoms with Gasteiger partial charge in [0, 0.05) is 5.56 Å². The number of aryl methyl sites for hydroxylation is 1. The van der Waals surface area contributed by atoms with Gasteiger partial charge < -0.3 is 0 Å². The Morgan fingerprint density at radius 2 is 2.17 bits per heavy atom. The molecule has 0 saturated heterocycles. The normalized spacial score (nSPS) is 9.92. The largest absolute Gasteiger partial charge is 0.294 e. The molecule has 1 rings (SSSR count). The van der Waals surface area contributed by atoms with Gasteiger partial charge in [-0.2, -0.15) is 0 Å². The molecule has 0 heterocycles. The van der Waals surface area contributed by atoms with E-state index in [0.29, 0.717) is 10.6 Å². The fraction of sp³-hybridized carbons (Fsp3) is 0.300. The van der Waals surface area contributed by atoms with Gasteiger partial charge in [-0.05, 0) is 31.0 Å². The summed E-state index contributed by atoms with van der Waals surface area (Å²) in [4.78, 5) is 11.0. The summed E-state index contributed by atoms with van der Waals surface area (Å²) in [6.45, 7) is 3.58. The molecule has 0 aliphatic carbocycles. The predicted molar refractivity (Wildman–Crippen MR) is 50.8 cm³/mol. The molecule has 0 unspecified atom stereocenters. The molecule has 0 aromatic heterocycles. The number of carbonyl (C=O) groups excluding carboxylic acids is 1. The fourth-order valence-corrected chi connectivity index (χ4v) is 1.31. The number of Topliss-reactive ketones (excluding diaryl/α,β-unsaturated/α-hetero) is 1. The molecule has 0 atom stereocenters. The van der Waals surface area contributed by atoms with Crippen LogP contribution in [0.15, 0.2) is 18.2 Å². The average molecular weight is 183 g/mol. The second-order valence-corrected chi connectivity index (χ2v) is 3.13. The van der Waals surface area contributed by atoms with E-state index in [1.54, 1.807) is 6.07 Å². The van der Waals surface area contributed by atoms with Crippen LogP contribution in [0.4, 0.5) is 0 Å². The summed E-state index contributed by atoms with van der Waals surface area (Å²) in [6.07, 6.45) is 0.928. The number of rotatable bonds is 2. The van der Waals surface area contributed by atoms with Crippen LogP contribution in [-0.2, 0) is 6.42 Å². The SMILES string of the molecule is CCc1ccc(Cl)c(C(C)=O)c1. The topological polar surface area (TPSA) is 17.1 Å². The lowest BCUT2D eigenvalue weighted by Crippen LogP contribution is -1.94. The van der Waals surface area contributed by atoms with Crippen LogP contribution in [-0.4, -0.2) is 5.78 Å². The van der Waals surface area contributed by atoms with Gasteiger partial charge >= 0.3 is 0 Å². The van der Waals surface area contributed by atoms with E-state index >= 15 is 0 Å². The molecule has 12 heavy (non-hydrogen) atoms. The van der Waals surface area contributed by atoms with Crippen molar-refractivity contribution in [3.63, 3.8) is 0 Å². The van der Waals surface area contributed by atoms with Crippen LogP contribution in [0.3, 0.4) is 0 Å². The number of hydrogen-bond donors (Lipinski definition) is 0. The number of ketones is 1. The highest BCUT2D eigenvalue weighted by atomic mass is 35.5. The van der Waals surface area contributed by atoms with E-state index in [1.807, 2.05) is 19.1 Å². The number of benzene rings is 1. The minimum atomic E-state index is 0.0234. The van der Waals surface area contributed by atoms with Crippen molar-refractivity contribution in [1.29, 1.82) is 0 Å². The minimum absolute atomic E-state index is 0.0234. The van der Waals surface area contributed by atoms with E-state index < -0.39 is 0 Å². The second kappa shape index (κ2) is 3.72. The van der Waals surface area contributed by atoms with Crippen molar-refractivity contribution >= 4 is 17.4 Å². The number of carbonyl (C=O) groups is 1. The van der Waals surface area contributed by atoms with Crippen LogP contribution in [0, 0.1) is 0 Å². The highest BCUT2D eigenvalue weighted by molar-refractivity contribution is 6.33. The first-order valence-electron chi connectivity index (χ1n) is 3.94. The van der Waals surface area contributed by atoms with Gasteiger partial charge in [0.2, 0.25) is 0 Å². The predicted octanol–water partition coefficient (Wildman–Crippen LogP) is 3.11. The molecule has 0 amide bonds. The van der Waals surface area contributed by atoms with Crippen molar-refractivity contribution in [1.82, 2.24) is 0 Å². The molecule has 0 aliphatic heterocycles. The summed E-state index contributed by atoms with van der Waals surface area (Å²) >= 11 is 5.83. The lowest BCUT2D eigenvalue weighted by atomic mass is 10.1. The zero-order valence-electron chi connectivity index (χ0n) is 7.23. The van der Waals surface area contributed by atoms with Crippen molar-refractivity contribution in [2.75, 3.05) is 0 Å². The third-order valence-electron chi connectivity index (χ3n) is 1.82. The van der Waals surface area contributed by atoms with Crippen LogP contribution in [0.5, 0.6) is 0 Å². The van der Waals surface area contributed by atoms with Gasteiger partial charge in [-0.1, -0.05) is 24.6 Å². The van der Waals surface area contributed by atoms with Crippen LogP contribution >= 0.6 is 11.6 Å². The number of halogens is 1. The van der Waals surface area contributed by atoms with E-state index in [1.165, 1.54) is 6.92 Å². The summed E-state index contributed by atoms with van der Waals surface area (Å²) in [6, 6.07) is 5.57. The Kier molecular flexibility index (Phi) is 2.88. The molecule has 1 aromatic rings. The fourth-order valence-electron chi connectivity index (χ4n) is 1.06. The van der Waals surface area contributed by atoms with E-state index in [-0.39, 0.29) is 5.78 Å². The molecule has 2 heteroatoms. The van der Waals surface area contributed by atoms with Gasteiger partial charge in [0.25, 0.3) is 0 Å². The van der Waals surface area contributed by atoms with Gasteiger partial charge in [0.1, 0.15) is 0 Å². The highest BCUT2D eigenvalue weighted by Gasteiger charge is 2.04. The lowest BCUT2D eigenvalue weighted by Gasteiger charge is -2.01. The Balaban J connectivity index is 3.17. The monoisotopic (exact) mass is 182 g/mol. The third-order valence-corrected chi connectivity index (χ3v) is 2.15. The Bertz CT molecular complexity index is 305. The molecule has 0 spiro atoms. The number of hydrogen-bond acceptors (Lipinski definition) is 1. The Morgan fingerprint density at radius 3 is 2.67 bits per heavy atom. The molecule has 1 aromatic carbocycles. The van der Waals surface area contributed by atoms with Gasteiger partial charge in [-0.3, -0.25) is 4.79 Å². The summed E-state index contributed by atoms with van der Waals surface area (Å²) in [5.41, 5.74) is 1.76. The third kappa shape index (κ3) is 1.86. The standard InChI is InChI=1S/C10H11ClO/c1-3-8-4-5-10(11)9(6-8)7(2)12/h4-6H,3H2,1-2H3. The summed E-state index contributed by atoms with van der Waals surface area (Å²) in [5.74, 6) is 0.0234. The van der Waals surface area contributed by atoms with Gasteiger partial charge in [0.15, 0.2) is 5.78 Å². The molecular weight excluding hydrogens is 172 g/mol. The van der Waals surface area contributed by atoms with Crippen LogP contribution in [0.1, 0.15) is 29.8 Å². The maximum absolute atomic E-state index is 11.0. The van der Waals surface area contributed by atoms with Crippen LogP contribution in [0.2, 0.25) is 5.02 Å². The molecule has 0 fully saturated rings. The summed E-state index contributed by atoms with van der Waals surface area (Å²) in [7, 11) is 0. The van der Waals surface area contributed by atoms with E-state index in [9.17, 15) is 4.79 Å². The first kappa shape index (κ1) is 9.27. The zero-order valence-corrected chi connectivity index (χ0v) is 7.98. The van der Waals surface area contributed by atoms with Crippen molar-refractivity contribution < 1.29 is 4.79 Å². The Hall–Kier alpha value is -0.820. The smallest absolute Gasteiger partial charge is 0.161 e. The molecule has 0 saturated carbocycles. The first-order valence-corrected chi connectivity index (χ1v) is 4.32. The summed E-state index contributed by atoms with van der Waals surface area (Å²) in [5, 5.41) is 0.541. The van der Waals surface area contributed by atoms with Gasteiger partial charge in [0.05, 0.1) is 5.02 Å². The van der Waals surface area contributed by atoms with Crippen LogP contribution < -0.4 is 0 Å². The average Bonchev–Trinajstić information content (AvgIpc) is 2.05. The molecular formula is C10H11ClO. The van der Waals surface area contributed by atoms with E-state index in [2.05, 4.69) is 0 Å². The van der Waals surface area contributed by atoms with Crippen LogP contribution in [0.25, 0.3) is 0 Å². The minimum Gasteiger partial charge on any atom is -0.294 e. The molecule has 0 bridgehead atoms. The van der Waals surface area contributed by atoms with Gasteiger partial charge in [-0.15, -0.1) is 0 Å². The quantitative estimate of drug-likeness (QED) is 0.643. The van der Waals surface area contributed by atoms with Crippen molar-refractivity contribution in [3.05, 3.63) is 34.3 Å². The van der Waals surface area contributed by atoms with Crippen molar-refractivity contribution in [2.24, 2.45) is 0 Å². The van der Waals surface area contributed by atoms with Crippen molar-refractivity contribution in [3.8, 4) is 0 Å². The van der Waals surface area contributed by atoms with Gasteiger partial charge in [-0.25, -0.2) is 0 Å². The maximum atomic E-state index is 11.0. The molecule has 0 N–H and O–H groups in total. The Morgan fingerprint density at radius 1 is 1.50 bits per heavy atom.